The molecule has 2 aliphatic rings. The van der Waals surface area contributed by atoms with Gasteiger partial charge in [0.25, 0.3) is 0 Å². The highest BCUT2D eigenvalue weighted by Crippen LogP contribution is 2.34. The van der Waals surface area contributed by atoms with Crippen molar-refractivity contribution in [2.45, 2.75) is 38.8 Å². The van der Waals surface area contributed by atoms with Gasteiger partial charge < -0.3 is 15.0 Å². The number of nitrogens with zero attached hydrogens (tertiary/aromatic N) is 3. The first kappa shape index (κ1) is 11.2. The molecule has 2 aliphatic heterocycles. The van der Waals surface area contributed by atoms with Gasteiger partial charge in [-0.3, -0.25) is 0 Å². The summed E-state index contributed by atoms with van der Waals surface area (Å²) < 4.78 is 8.03. The monoisotopic (exact) mass is 236 g/mol. The summed E-state index contributed by atoms with van der Waals surface area (Å²) in [5, 5.41) is 8.66. The Kier molecular flexibility index (Phi) is 2.88. The molecule has 3 heterocycles. The minimum absolute atomic E-state index is 0.144. The Balaban J connectivity index is 1.86. The summed E-state index contributed by atoms with van der Waals surface area (Å²) in [6.45, 7) is 4.81. The third kappa shape index (κ3) is 1.87. The average molecular weight is 236 g/mol. The van der Waals surface area contributed by atoms with Gasteiger partial charge in [-0.2, -0.15) is 0 Å². The summed E-state index contributed by atoms with van der Waals surface area (Å²) in [5.74, 6) is 3.24. The minimum atomic E-state index is 0.144. The maximum Gasteiger partial charge on any atom is 0.162 e. The zero-order chi connectivity index (χ0) is 11.8. The van der Waals surface area contributed by atoms with Crippen molar-refractivity contribution in [3.63, 3.8) is 0 Å². The van der Waals surface area contributed by atoms with Crippen LogP contribution in [0.2, 0.25) is 0 Å². The minimum Gasteiger partial charge on any atom is -0.370 e. The lowest BCUT2D eigenvalue weighted by molar-refractivity contribution is 0.0829. The van der Waals surface area contributed by atoms with Crippen LogP contribution < -0.4 is 5.73 Å². The lowest BCUT2D eigenvalue weighted by atomic mass is 9.97. The number of rotatable bonds is 2. The Morgan fingerprint density at radius 3 is 3.00 bits per heavy atom. The third-order valence-corrected chi connectivity index (χ3v) is 4.06. The van der Waals surface area contributed by atoms with E-state index < -0.39 is 0 Å². The topological polar surface area (TPSA) is 66.0 Å². The van der Waals surface area contributed by atoms with E-state index in [1.165, 1.54) is 0 Å². The van der Waals surface area contributed by atoms with Crippen molar-refractivity contribution in [3.8, 4) is 0 Å². The van der Waals surface area contributed by atoms with E-state index in [0.717, 1.165) is 50.6 Å². The van der Waals surface area contributed by atoms with E-state index in [4.69, 9.17) is 10.5 Å². The molecule has 3 atom stereocenters. The maximum absolute atomic E-state index is 5.78. The smallest absolute Gasteiger partial charge is 0.162 e. The molecule has 1 saturated heterocycles. The van der Waals surface area contributed by atoms with Crippen molar-refractivity contribution in [1.29, 1.82) is 0 Å². The van der Waals surface area contributed by atoms with Crippen LogP contribution in [0.3, 0.4) is 0 Å². The van der Waals surface area contributed by atoms with E-state index in [0.29, 0.717) is 11.8 Å². The molecule has 5 nitrogen and oxygen atoms in total. The van der Waals surface area contributed by atoms with Crippen molar-refractivity contribution >= 4 is 0 Å². The van der Waals surface area contributed by atoms with Crippen LogP contribution in [0.1, 0.15) is 37.5 Å². The van der Waals surface area contributed by atoms with Gasteiger partial charge in [0.05, 0.1) is 0 Å². The molecule has 17 heavy (non-hydrogen) atoms. The van der Waals surface area contributed by atoms with Gasteiger partial charge in [0, 0.05) is 19.6 Å². The number of hydrogen-bond acceptors (Lipinski definition) is 4. The van der Waals surface area contributed by atoms with Crippen molar-refractivity contribution in [3.05, 3.63) is 11.6 Å². The molecule has 1 fully saturated rings. The molecule has 5 heteroatoms. The van der Waals surface area contributed by atoms with Crippen molar-refractivity contribution in [1.82, 2.24) is 14.8 Å². The van der Waals surface area contributed by atoms with E-state index >= 15 is 0 Å². The van der Waals surface area contributed by atoms with Crippen LogP contribution in [0.15, 0.2) is 0 Å². The predicted molar refractivity (Wildman–Crippen MR) is 63.4 cm³/mol. The molecular formula is C12H20N4O. The molecule has 2 N–H and O–H groups in total. The molecule has 3 rings (SSSR count). The summed E-state index contributed by atoms with van der Waals surface area (Å²) in [6.07, 6.45) is 3.36. The van der Waals surface area contributed by atoms with Crippen LogP contribution in [-0.2, 0) is 17.7 Å². The van der Waals surface area contributed by atoms with Crippen molar-refractivity contribution in [2.24, 2.45) is 17.6 Å². The molecule has 3 unspecified atom stereocenters. The summed E-state index contributed by atoms with van der Waals surface area (Å²) >= 11 is 0. The molecule has 94 valence electrons. The lowest BCUT2D eigenvalue weighted by Gasteiger charge is -2.24. The second kappa shape index (κ2) is 4.38. The Hall–Kier alpha value is -0.940. The average Bonchev–Trinajstić information content (AvgIpc) is 2.94. The second-order valence-electron chi connectivity index (χ2n) is 5.28. The van der Waals surface area contributed by atoms with Gasteiger partial charge in [0.15, 0.2) is 5.82 Å². The molecular weight excluding hydrogens is 216 g/mol. The molecule has 0 bridgehead atoms. The third-order valence-electron chi connectivity index (χ3n) is 4.06. The Labute approximate surface area is 101 Å². The molecule has 0 aromatic carbocycles. The molecule has 0 amide bonds. The molecule has 1 aromatic rings. The first-order chi connectivity index (χ1) is 8.29. The second-order valence-corrected chi connectivity index (χ2v) is 5.28. The molecule has 1 aromatic heterocycles. The first-order valence-corrected chi connectivity index (χ1v) is 6.53. The van der Waals surface area contributed by atoms with Gasteiger partial charge in [0.2, 0.25) is 0 Å². The number of hydrogen-bond donors (Lipinski definition) is 1. The number of aromatic nitrogens is 3. The van der Waals surface area contributed by atoms with Gasteiger partial charge in [0.1, 0.15) is 11.9 Å². The SMILES string of the molecule is CC1CCOC1c1nnc2n1CCC(CN)C2. The van der Waals surface area contributed by atoms with E-state index in [-0.39, 0.29) is 6.10 Å². The zero-order valence-corrected chi connectivity index (χ0v) is 10.3. The zero-order valence-electron chi connectivity index (χ0n) is 10.3. The van der Waals surface area contributed by atoms with Crippen LogP contribution in [0, 0.1) is 11.8 Å². The van der Waals surface area contributed by atoms with Gasteiger partial charge in [-0.25, -0.2) is 0 Å². The highest BCUT2D eigenvalue weighted by Gasteiger charge is 2.32. The van der Waals surface area contributed by atoms with Crippen LogP contribution in [0.4, 0.5) is 0 Å². The summed E-state index contributed by atoms with van der Waals surface area (Å²) in [4.78, 5) is 0. The highest BCUT2D eigenvalue weighted by molar-refractivity contribution is 5.05. The van der Waals surface area contributed by atoms with Crippen molar-refractivity contribution < 1.29 is 4.74 Å². The van der Waals surface area contributed by atoms with Crippen molar-refractivity contribution in [2.75, 3.05) is 13.2 Å². The van der Waals surface area contributed by atoms with Gasteiger partial charge in [-0.1, -0.05) is 6.92 Å². The summed E-state index contributed by atoms with van der Waals surface area (Å²) in [7, 11) is 0. The molecule has 0 spiro atoms. The van der Waals surface area contributed by atoms with E-state index in [1.807, 2.05) is 0 Å². The summed E-state index contributed by atoms with van der Waals surface area (Å²) in [5.41, 5.74) is 5.73. The fourth-order valence-corrected chi connectivity index (χ4v) is 2.85. The van der Waals surface area contributed by atoms with Gasteiger partial charge in [-0.15, -0.1) is 10.2 Å². The van der Waals surface area contributed by atoms with E-state index in [9.17, 15) is 0 Å². The predicted octanol–water partition coefficient (Wildman–Crippen LogP) is 0.897. The maximum atomic E-state index is 5.78. The molecule has 0 radical (unpaired) electrons. The largest absolute Gasteiger partial charge is 0.370 e. The molecule has 0 aliphatic carbocycles. The van der Waals surface area contributed by atoms with E-state index in [1.54, 1.807) is 0 Å². The van der Waals surface area contributed by atoms with Crippen LogP contribution in [0.25, 0.3) is 0 Å². The lowest BCUT2D eigenvalue weighted by Crippen LogP contribution is -2.27. The number of fused-ring (bicyclic) bond motifs is 1. The quantitative estimate of drug-likeness (QED) is 0.828. The first-order valence-electron chi connectivity index (χ1n) is 6.53. The van der Waals surface area contributed by atoms with Gasteiger partial charge >= 0.3 is 0 Å². The Bertz CT molecular complexity index is 403. The number of ether oxygens (including phenoxy) is 1. The Morgan fingerprint density at radius 2 is 2.29 bits per heavy atom. The molecule has 0 saturated carbocycles. The summed E-state index contributed by atoms with van der Waals surface area (Å²) in [6, 6.07) is 0. The standard InChI is InChI=1S/C12H20N4O/c1-8-3-5-17-11(8)12-15-14-10-6-9(7-13)2-4-16(10)12/h8-9,11H,2-7,13H2,1H3. The highest BCUT2D eigenvalue weighted by atomic mass is 16.5. The van der Waals surface area contributed by atoms with Crippen LogP contribution in [0.5, 0.6) is 0 Å². The normalized spacial score (nSPS) is 32.7. The number of nitrogens with two attached hydrogens (primary N) is 1. The fourth-order valence-electron chi connectivity index (χ4n) is 2.85. The Morgan fingerprint density at radius 1 is 1.41 bits per heavy atom. The fraction of sp³-hybridized carbons (Fsp3) is 0.833. The van der Waals surface area contributed by atoms with E-state index in [2.05, 4.69) is 21.7 Å². The van der Waals surface area contributed by atoms with Gasteiger partial charge in [-0.05, 0) is 31.2 Å². The van der Waals surface area contributed by atoms with Crippen LogP contribution in [-0.4, -0.2) is 27.9 Å². The van der Waals surface area contributed by atoms with Crippen LogP contribution >= 0.6 is 0 Å².